The molecule has 3 rings (SSSR count). The fraction of sp³-hybridized carbons (Fsp3) is 0.200. The first-order chi connectivity index (χ1) is 13.9. The van der Waals surface area contributed by atoms with Crippen molar-refractivity contribution in [2.45, 2.75) is 34.6 Å². The maximum absolute atomic E-state index is 10.7. The van der Waals surface area contributed by atoms with E-state index < -0.39 is 0 Å². The molecule has 0 aromatic heterocycles. The molecule has 4 nitrogen and oxygen atoms in total. The molecule has 144 valence electrons. The molecule has 3 aromatic rings. The standard InChI is InChI=1S/C25H22N2O2/c1-15-7-6-8-20(21-9-18(4)23(26-13-28)11-16(21)2)25(15)22-10-19(5)24(27-14-29)12-17(22)3/h6-12H,1-5H3. The zero-order chi connectivity index (χ0) is 21.1. The SMILES string of the molecule is Cc1cc(-c2cccc(C)c2-c2cc(C)c(N=C=O)cc2C)c(C)cc1N=C=O. The van der Waals surface area contributed by atoms with Crippen LogP contribution in [0.3, 0.4) is 0 Å². The molecular formula is C25H22N2O2. The van der Waals surface area contributed by atoms with Crippen LogP contribution in [-0.4, -0.2) is 12.2 Å². The maximum atomic E-state index is 10.7. The van der Waals surface area contributed by atoms with E-state index in [0.717, 1.165) is 50.1 Å². The molecule has 0 radical (unpaired) electrons. The van der Waals surface area contributed by atoms with Crippen LogP contribution in [0.15, 0.2) is 52.4 Å². The molecule has 0 aliphatic carbocycles. The van der Waals surface area contributed by atoms with E-state index in [1.54, 1.807) is 12.2 Å². The van der Waals surface area contributed by atoms with Gasteiger partial charge in [0.1, 0.15) is 0 Å². The number of isocyanates is 2. The van der Waals surface area contributed by atoms with Crippen molar-refractivity contribution < 1.29 is 9.59 Å². The van der Waals surface area contributed by atoms with Crippen LogP contribution >= 0.6 is 0 Å². The quantitative estimate of drug-likeness (QED) is 0.382. The Kier molecular flexibility index (Phi) is 5.70. The van der Waals surface area contributed by atoms with E-state index >= 15 is 0 Å². The van der Waals surface area contributed by atoms with Crippen molar-refractivity contribution in [1.29, 1.82) is 0 Å². The number of rotatable bonds is 4. The van der Waals surface area contributed by atoms with Crippen LogP contribution in [-0.2, 0) is 9.59 Å². The molecule has 0 aliphatic heterocycles. The van der Waals surface area contributed by atoms with Crippen molar-refractivity contribution in [3.8, 4) is 22.3 Å². The minimum absolute atomic E-state index is 0.638. The summed E-state index contributed by atoms with van der Waals surface area (Å²) in [6.45, 7) is 10.0. The number of hydrogen-bond acceptors (Lipinski definition) is 4. The average Bonchev–Trinajstić information content (AvgIpc) is 2.67. The van der Waals surface area contributed by atoms with Gasteiger partial charge in [0.2, 0.25) is 12.2 Å². The first kappa shape index (κ1) is 20.2. The van der Waals surface area contributed by atoms with Crippen molar-refractivity contribution in [2.24, 2.45) is 9.98 Å². The fourth-order valence-electron chi connectivity index (χ4n) is 3.75. The summed E-state index contributed by atoms with van der Waals surface area (Å²) in [5.74, 6) is 0. The second kappa shape index (κ2) is 8.20. The molecule has 0 amide bonds. The predicted molar refractivity (Wildman–Crippen MR) is 117 cm³/mol. The van der Waals surface area contributed by atoms with E-state index in [9.17, 15) is 9.59 Å². The smallest absolute Gasteiger partial charge is 0.211 e. The highest BCUT2D eigenvalue weighted by molar-refractivity contribution is 5.89. The molecule has 0 atom stereocenters. The van der Waals surface area contributed by atoms with Crippen LogP contribution < -0.4 is 0 Å². The van der Waals surface area contributed by atoms with Crippen molar-refractivity contribution in [3.63, 3.8) is 0 Å². The van der Waals surface area contributed by atoms with Gasteiger partial charge in [-0.05, 0) is 109 Å². The zero-order valence-corrected chi connectivity index (χ0v) is 17.3. The van der Waals surface area contributed by atoms with E-state index in [2.05, 4.69) is 41.2 Å². The van der Waals surface area contributed by atoms with E-state index in [1.807, 2.05) is 45.9 Å². The number of benzene rings is 3. The third-order valence-corrected chi connectivity index (χ3v) is 5.25. The molecule has 0 N–H and O–H groups in total. The number of aryl methyl sites for hydroxylation is 5. The normalized spacial score (nSPS) is 10.2. The van der Waals surface area contributed by atoms with Crippen LogP contribution in [0.2, 0.25) is 0 Å². The third kappa shape index (κ3) is 3.86. The van der Waals surface area contributed by atoms with Gasteiger partial charge in [-0.2, -0.15) is 9.98 Å². The topological polar surface area (TPSA) is 58.9 Å². The maximum Gasteiger partial charge on any atom is 0.240 e. The molecule has 29 heavy (non-hydrogen) atoms. The number of aliphatic imine (C=N–C) groups is 2. The van der Waals surface area contributed by atoms with Crippen LogP contribution in [0, 0.1) is 34.6 Å². The Morgan fingerprint density at radius 1 is 0.586 bits per heavy atom. The summed E-state index contributed by atoms with van der Waals surface area (Å²) in [7, 11) is 0. The highest BCUT2D eigenvalue weighted by atomic mass is 16.1. The molecular weight excluding hydrogens is 360 g/mol. The van der Waals surface area contributed by atoms with Crippen molar-refractivity contribution in [2.75, 3.05) is 0 Å². The second-order valence-corrected chi connectivity index (χ2v) is 7.31. The van der Waals surface area contributed by atoms with Gasteiger partial charge in [0, 0.05) is 0 Å². The van der Waals surface area contributed by atoms with Gasteiger partial charge >= 0.3 is 0 Å². The molecule has 0 fully saturated rings. The van der Waals surface area contributed by atoms with E-state index in [0.29, 0.717) is 11.4 Å². The monoisotopic (exact) mass is 382 g/mol. The average molecular weight is 382 g/mol. The Morgan fingerprint density at radius 3 is 1.66 bits per heavy atom. The molecule has 0 saturated heterocycles. The summed E-state index contributed by atoms with van der Waals surface area (Å²) in [6.07, 6.45) is 3.25. The van der Waals surface area contributed by atoms with E-state index in [-0.39, 0.29) is 0 Å². The van der Waals surface area contributed by atoms with Crippen molar-refractivity contribution in [1.82, 2.24) is 0 Å². The van der Waals surface area contributed by atoms with Gasteiger partial charge in [0.25, 0.3) is 0 Å². The lowest BCUT2D eigenvalue weighted by atomic mass is 9.86. The highest BCUT2D eigenvalue weighted by Gasteiger charge is 2.16. The fourth-order valence-corrected chi connectivity index (χ4v) is 3.75. The van der Waals surface area contributed by atoms with Crippen molar-refractivity contribution >= 4 is 23.5 Å². The molecule has 4 heteroatoms. The van der Waals surface area contributed by atoms with Gasteiger partial charge in [-0.1, -0.05) is 18.2 Å². The molecule has 0 saturated carbocycles. The summed E-state index contributed by atoms with van der Waals surface area (Å²) in [5, 5.41) is 0. The zero-order valence-electron chi connectivity index (χ0n) is 17.3. The van der Waals surface area contributed by atoms with Gasteiger partial charge in [-0.15, -0.1) is 0 Å². The summed E-state index contributed by atoms with van der Waals surface area (Å²) in [6, 6.07) is 14.2. The predicted octanol–water partition coefficient (Wildman–Crippen LogP) is 6.50. The molecule has 0 heterocycles. The van der Waals surface area contributed by atoms with Gasteiger partial charge in [0.15, 0.2) is 0 Å². The molecule has 0 aliphatic rings. The van der Waals surface area contributed by atoms with E-state index in [4.69, 9.17) is 0 Å². The van der Waals surface area contributed by atoms with Crippen LogP contribution in [0.1, 0.15) is 27.8 Å². The van der Waals surface area contributed by atoms with E-state index in [1.165, 1.54) is 0 Å². The summed E-state index contributed by atoms with van der Waals surface area (Å²) in [4.78, 5) is 29.0. The lowest BCUT2D eigenvalue weighted by Gasteiger charge is -2.19. The van der Waals surface area contributed by atoms with Crippen LogP contribution in [0.4, 0.5) is 11.4 Å². The Balaban J connectivity index is 2.31. The minimum Gasteiger partial charge on any atom is -0.211 e. The lowest BCUT2D eigenvalue weighted by molar-refractivity contribution is 0.564. The lowest BCUT2D eigenvalue weighted by Crippen LogP contribution is -1.95. The van der Waals surface area contributed by atoms with Crippen LogP contribution in [0.25, 0.3) is 22.3 Å². The first-order valence-corrected chi connectivity index (χ1v) is 9.36. The summed E-state index contributed by atoms with van der Waals surface area (Å²) >= 11 is 0. The molecule has 0 bridgehead atoms. The third-order valence-electron chi connectivity index (χ3n) is 5.25. The van der Waals surface area contributed by atoms with Crippen molar-refractivity contribution in [3.05, 3.63) is 70.3 Å². The number of hydrogen-bond donors (Lipinski definition) is 0. The number of carbonyl (C=O) groups excluding carboxylic acids is 2. The molecule has 0 unspecified atom stereocenters. The highest BCUT2D eigenvalue weighted by Crippen LogP contribution is 2.41. The first-order valence-electron chi connectivity index (χ1n) is 9.36. The Bertz CT molecular complexity index is 1210. The Labute approximate surface area is 170 Å². The number of nitrogens with zero attached hydrogens (tertiary/aromatic N) is 2. The molecule has 3 aromatic carbocycles. The summed E-state index contributed by atoms with van der Waals surface area (Å²) in [5.41, 5.74) is 10.8. The Morgan fingerprint density at radius 2 is 1.10 bits per heavy atom. The van der Waals surface area contributed by atoms with Gasteiger partial charge < -0.3 is 0 Å². The minimum atomic E-state index is 0.638. The second-order valence-electron chi connectivity index (χ2n) is 7.31. The van der Waals surface area contributed by atoms with Gasteiger partial charge in [0.05, 0.1) is 11.4 Å². The Hall–Kier alpha value is -3.58. The van der Waals surface area contributed by atoms with Gasteiger partial charge in [-0.3, -0.25) is 0 Å². The summed E-state index contributed by atoms with van der Waals surface area (Å²) < 4.78 is 0. The molecule has 0 spiro atoms. The van der Waals surface area contributed by atoms with Gasteiger partial charge in [-0.25, -0.2) is 9.59 Å². The van der Waals surface area contributed by atoms with Crippen LogP contribution in [0.5, 0.6) is 0 Å². The largest absolute Gasteiger partial charge is 0.240 e.